The molecule has 0 aromatic carbocycles. The van der Waals surface area contributed by atoms with Gasteiger partial charge in [-0.05, 0) is 30.0 Å². The number of nitrogens with one attached hydrogen (secondary N) is 1. The number of rotatable bonds is 3. The molecule has 74 valence electrons. The molecule has 2 aromatic heterocycles. The molecular weight excluding hydrogens is 218 g/mol. The van der Waals surface area contributed by atoms with Gasteiger partial charge in [-0.15, -0.1) is 5.10 Å². The number of nitrogens with two attached hydrogens (primary N) is 1. The van der Waals surface area contributed by atoms with Gasteiger partial charge in [0, 0.05) is 10.9 Å². The van der Waals surface area contributed by atoms with E-state index in [9.17, 15) is 0 Å². The zero-order chi connectivity index (χ0) is 9.97. The van der Waals surface area contributed by atoms with Crippen LogP contribution in [0.4, 0.5) is 10.8 Å². The Kier molecular flexibility index (Phi) is 2.60. The molecule has 2 aromatic rings. The van der Waals surface area contributed by atoms with Crippen molar-refractivity contribution in [3.05, 3.63) is 16.6 Å². The van der Waals surface area contributed by atoms with Crippen LogP contribution in [-0.4, -0.2) is 14.0 Å². The Bertz CT molecular complexity index is 408. The van der Waals surface area contributed by atoms with Crippen molar-refractivity contribution in [2.75, 3.05) is 11.1 Å². The second-order valence-corrected chi connectivity index (χ2v) is 4.15. The lowest BCUT2D eigenvalue weighted by atomic mass is 10.3. The standard InChI is InChI=1S/C7H9N5S2/c1-4-6(8)11-14-7(4)9-2-5-3-13-12-10-5/h3,9H,2H2,1H3,(H2,8,11). The molecule has 0 fully saturated rings. The van der Waals surface area contributed by atoms with Crippen molar-refractivity contribution in [3.63, 3.8) is 0 Å². The molecule has 3 N–H and O–H groups in total. The molecule has 0 spiro atoms. The van der Waals surface area contributed by atoms with E-state index in [0.29, 0.717) is 12.4 Å². The van der Waals surface area contributed by atoms with Crippen LogP contribution < -0.4 is 11.1 Å². The second-order valence-electron chi connectivity index (χ2n) is 2.77. The zero-order valence-electron chi connectivity index (χ0n) is 7.52. The van der Waals surface area contributed by atoms with E-state index in [-0.39, 0.29) is 0 Å². The summed E-state index contributed by atoms with van der Waals surface area (Å²) in [5, 5.41) is 10.0. The van der Waals surface area contributed by atoms with Gasteiger partial charge < -0.3 is 11.1 Å². The molecule has 0 amide bonds. The maximum absolute atomic E-state index is 5.62. The minimum absolute atomic E-state index is 0.592. The van der Waals surface area contributed by atoms with Gasteiger partial charge in [0.05, 0.1) is 12.2 Å². The number of aromatic nitrogens is 3. The minimum atomic E-state index is 0.592. The van der Waals surface area contributed by atoms with E-state index in [0.717, 1.165) is 16.3 Å². The third kappa shape index (κ3) is 1.83. The quantitative estimate of drug-likeness (QED) is 0.831. The first-order chi connectivity index (χ1) is 6.77. The molecule has 0 aliphatic heterocycles. The fourth-order valence-corrected chi connectivity index (χ4v) is 2.10. The normalized spacial score (nSPS) is 10.4. The van der Waals surface area contributed by atoms with Crippen molar-refractivity contribution in [3.8, 4) is 0 Å². The number of nitrogens with zero attached hydrogens (tertiary/aromatic N) is 3. The third-order valence-electron chi connectivity index (χ3n) is 1.80. The molecule has 7 heteroatoms. The summed E-state index contributed by atoms with van der Waals surface area (Å²) in [7, 11) is 0. The summed E-state index contributed by atoms with van der Waals surface area (Å²) in [6.07, 6.45) is 0. The van der Waals surface area contributed by atoms with Crippen LogP contribution >= 0.6 is 23.1 Å². The van der Waals surface area contributed by atoms with Crippen LogP contribution in [0.2, 0.25) is 0 Å². The Hall–Kier alpha value is -1.21. The van der Waals surface area contributed by atoms with Crippen LogP contribution in [0.25, 0.3) is 0 Å². The fraction of sp³-hybridized carbons (Fsp3) is 0.286. The number of anilines is 2. The topological polar surface area (TPSA) is 76.7 Å². The predicted molar refractivity (Wildman–Crippen MR) is 58.5 cm³/mol. The van der Waals surface area contributed by atoms with Gasteiger partial charge >= 0.3 is 0 Å². The van der Waals surface area contributed by atoms with Crippen LogP contribution in [0, 0.1) is 6.92 Å². The van der Waals surface area contributed by atoms with Crippen molar-refractivity contribution >= 4 is 33.9 Å². The minimum Gasteiger partial charge on any atom is -0.383 e. The molecule has 0 saturated heterocycles. The Morgan fingerprint density at radius 1 is 1.57 bits per heavy atom. The molecule has 5 nitrogen and oxygen atoms in total. The van der Waals surface area contributed by atoms with Gasteiger partial charge in [-0.25, -0.2) is 0 Å². The van der Waals surface area contributed by atoms with E-state index in [1.807, 2.05) is 12.3 Å². The van der Waals surface area contributed by atoms with Gasteiger partial charge in [0.1, 0.15) is 10.8 Å². The van der Waals surface area contributed by atoms with E-state index in [2.05, 4.69) is 19.3 Å². The first-order valence-electron chi connectivity index (χ1n) is 3.99. The monoisotopic (exact) mass is 227 g/mol. The van der Waals surface area contributed by atoms with Gasteiger partial charge in [0.15, 0.2) is 0 Å². The Morgan fingerprint density at radius 3 is 3.00 bits per heavy atom. The molecule has 0 atom stereocenters. The smallest absolute Gasteiger partial charge is 0.142 e. The first kappa shape index (κ1) is 9.35. The van der Waals surface area contributed by atoms with Crippen molar-refractivity contribution in [2.45, 2.75) is 13.5 Å². The van der Waals surface area contributed by atoms with Crippen LogP contribution in [0.3, 0.4) is 0 Å². The average Bonchev–Trinajstić information content (AvgIpc) is 2.77. The molecule has 0 unspecified atom stereocenters. The van der Waals surface area contributed by atoms with E-state index in [1.54, 1.807) is 0 Å². The summed E-state index contributed by atoms with van der Waals surface area (Å²) in [6, 6.07) is 0. The third-order valence-corrected chi connectivity index (χ3v) is 3.27. The summed E-state index contributed by atoms with van der Waals surface area (Å²) in [4.78, 5) is 0. The number of hydrogen-bond acceptors (Lipinski definition) is 7. The molecule has 0 radical (unpaired) electrons. The summed E-state index contributed by atoms with van der Waals surface area (Å²) in [6.45, 7) is 2.61. The van der Waals surface area contributed by atoms with Crippen molar-refractivity contribution in [1.82, 2.24) is 14.0 Å². The molecule has 0 saturated carbocycles. The van der Waals surface area contributed by atoms with Crippen LogP contribution in [-0.2, 0) is 6.54 Å². The summed E-state index contributed by atoms with van der Waals surface area (Å²) in [5.41, 5.74) is 7.55. The highest BCUT2D eigenvalue weighted by molar-refractivity contribution is 7.10. The fourth-order valence-electron chi connectivity index (χ4n) is 0.945. The number of nitrogen functional groups attached to an aromatic ring is 1. The molecule has 0 aliphatic carbocycles. The van der Waals surface area contributed by atoms with E-state index in [4.69, 9.17) is 5.73 Å². The Labute approximate surface area is 89.3 Å². The number of hydrogen-bond donors (Lipinski definition) is 2. The van der Waals surface area contributed by atoms with Crippen LogP contribution in [0.5, 0.6) is 0 Å². The van der Waals surface area contributed by atoms with Gasteiger partial charge in [0.2, 0.25) is 0 Å². The largest absolute Gasteiger partial charge is 0.383 e. The zero-order valence-corrected chi connectivity index (χ0v) is 9.15. The van der Waals surface area contributed by atoms with Crippen LogP contribution in [0.1, 0.15) is 11.3 Å². The van der Waals surface area contributed by atoms with Gasteiger partial charge in [-0.2, -0.15) is 4.37 Å². The van der Waals surface area contributed by atoms with E-state index >= 15 is 0 Å². The lowest BCUT2D eigenvalue weighted by Crippen LogP contribution is -1.99. The Balaban J connectivity index is 2.02. The van der Waals surface area contributed by atoms with Crippen molar-refractivity contribution < 1.29 is 0 Å². The highest BCUT2D eigenvalue weighted by atomic mass is 32.1. The van der Waals surface area contributed by atoms with E-state index in [1.165, 1.54) is 23.1 Å². The lowest BCUT2D eigenvalue weighted by molar-refractivity contribution is 1.00. The van der Waals surface area contributed by atoms with E-state index < -0.39 is 0 Å². The summed E-state index contributed by atoms with van der Waals surface area (Å²) < 4.78 is 7.82. The summed E-state index contributed by atoms with van der Waals surface area (Å²) >= 11 is 2.71. The van der Waals surface area contributed by atoms with Gasteiger partial charge in [-0.1, -0.05) is 4.49 Å². The summed E-state index contributed by atoms with van der Waals surface area (Å²) in [5.74, 6) is 0.592. The first-order valence-corrected chi connectivity index (χ1v) is 5.60. The van der Waals surface area contributed by atoms with Crippen molar-refractivity contribution in [1.29, 1.82) is 0 Å². The van der Waals surface area contributed by atoms with Gasteiger partial charge in [-0.3, -0.25) is 0 Å². The second kappa shape index (κ2) is 3.89. The molecule has 2 heterocycles. The van der Waals surface area contributed by atoms with Gasteiger partial charge in [0.25, 0.3) is 0 Å². The molecule has 0 aliphatic rings. The predicted octanol–water partition coefficient (Wildman–Crippen LogP) is 1.50. The maximum atomic E-state index is 5.62. The molecule has 2 rings (SSSR count). The molecule has 14 heavy (non-hydrogen) atoms. The highest BCUT2D eigenvalue weighted by Gasteiger charge is 2.06. The lowest BCUT2D eigenvalue weighted by Gasteiger charge is -2.00. The molecule has 0 bridgehead atoms. The molecular formula is C7H9N5S2. The maximum Gasteiger partial charge on any atom is 0.142 e. The highest BCUT2D eigenvalue weighted by Crippen LogP contribution is 2.25. The SMILES string of the molecule is Cc1c(N)nsc1NCc1csnn1. The van der Waals surface area contributed by atoms with Crippen LogP contribution in [0.15, 0.2) is 5.38 Å². The Morgan fingerprint density at radius 2 is 2.43 bits per heavy atom. The average molecular weight is 227 g/mol. The van der Waals surface area contributed by atoms with Crippen molar-refractivity contribution in [2.24, 2.45) is 0 Å².